The average molecular weight is 191 g/mol. The molecule has 0 aromatic heterocycles. The number of rotatable bonds is 3. The minimum Gasteiger partial charge on any atom is -0.508 e. The molecule has 0 saturated carbocycles. The molecular formula is C11H13NO2. The highest BCUT2D eigenvalue weighted by Crippen LogP contribution is 2.14. The van der Waals surface area contributed by atoms with Crippen molar-refractivity contribution in [1.82, 2.24) is 5.32 Å². The van der Waals surface area contributed by atoms with Crippen molar-refractivity contribution >= 4 is 5.91 Å². The highest BCUT2D eigenvalue weighted by atomic mass is 16.3. The quantitative estimate of drug-likeness (QED) is 0.713. The first-order valence-electron chi connectivity index (χ1n) is 4.32. The number of carbonyl (C=O) groups excluding carboxylic acids is 1. The number of phenols is 1. The van der Waals surface area contributed by atoms with Gasteiger partial charge in [-0.15, -0.1) is 0 Å². The second-order valence-corrected chi connectivity index (χ2v) is 3.09. The molecule has 14 heavy (non-hydrogen) atoms. The Balaban J connectivity index is 2.58. The Kier molecular flexibility index (Phi) is 3.29. The summed E-state index contributed by atoms with van der Waals surface area (Å²) in [6.07, 6.45) is 0. The van der Waals surface area contributed by atoms with E-state index in [0.29, 0.717) is 17.7 Å². The number of hydrogen-bond acceptors (Lipinski definition) is 2. The van der Waals surface area contributed by atoms with E-state index in [1.54, 1.807) is 25.1 Å². The van der Waals surface area contributed by atoms with Gasteiger partial charge in [0.15, 0.2) is 0 Å². The fraction of sp³-hybridized carbons (Fsp3) is 0.182. The Bertz CT molecular complexity index is 358. The zero-order chi connectivity index (χ0) is 10.6. The summed E-state index contributed by atoms with van der Waals surface area (Å²) in [5.74, 6) is -0.0113. The van der Waals surface area contributed by atoms with Gasteiger partial charge in [-0.3, -0.25) is 4.79 Å². The molecule has 1 aromatic carbocycles. The molecule has 0 heterocycles. The van der Waals surface area contributed by atoms with E-state index in [1.807, 2.05) is 6.07 Å². The smallest absolute Gasteiger partial charge is 0.246 e. The number of nitrogens with one attached hydrogen (secondary N) is 1. The molecule has 0 saturated heterocycles. The first kappa shape index (κ1) is 10.3. The summed E-state index contributed by atoms with van der Waals surface area (Å²) in [4.78, 5) is 11.1. The zero-order valence-electron chi connectivity index (χ0n) is 8.08. The first-order chi connectivity index (χ1) is 6.61. The van der Waals surface area contributed by atoms with Crippen LogP contribution in [0.5, 0.6) is 5.75 Å². The molecule has 0 aliphatic heterocycles. The third-order valence-corrected chi connectivity index (χ3v) is 1.82. The summed E-state index contributed by atoms with van der Waals surface area (Å²) in [7, 11) is 0. The van der Waals surface area contributed by atoms with Gasteiger partial charge < -0.3 is 10.4 Å². The second kappa shape index (κ2) is 4.46. The van der Waals surface area contributed by atoms with Crippen molar-refractivity contribution < 1.29 is 9.90 Å². The minimum atomic E-state index is -0.201. The molecule has 2 N–H and O–H groups in total. The Morgan fingerprint density at radius 3 is 2.71 bits per heavy atom. The molecule has 0 atom stereocenters. The molecule has 0 aliphatic carbocycles. The van der Waals surface area contributed by atoms with Crippen LogP contribution in [0.1, 0.15) is 12.5 Å². The van der Waals surface area contributed by atoms with Crippen molar-refractivity contribution in [1.29, 1.82) is 0 Å². The standard InChI is InChI=1S/C11H13NO2/c1-8(2)11(14)12-7-9-5-3-4-6-10(9)13/h3-6,13H,1,7H2,2H3,(H,12,14). The van der Waals surface area contributed by atoms with Crippen LogP contribution in [0, 0.1) is 0 Å². The summed E-state index contributed by atoms with van der Waals surface area (Å²) in [6.45, 7) is 5.47. The van der Waals surface area contributed by atoms with Gasteiger partial charge in [-0.25, -0.2) is 0 Å². The van der Waals surface area contributed by atoms with E-state index in [-0.39, 0.29) is 11.7 Å². The normalized spacial score (nSPS) is 9.50. The van der Waals surface area contributed by atoms with Gasteiger partial charge in [0.1, 0.15) is 5.75 Å². The monoisotopic (exact) mass is 191 g/mol. The maximum absolute atomic E-state index is 11.1. The maximum atomic E-state index is 11.1. The molecule has 0 unspecified atom stereocenters. The fourth-order valence-corrected chi connectivity index (χ4v) is 0.987. The number of benzene rings is 1. The van der Waals surface area contributed by atoms with Gasteiger partial charge in [-0.05, 0) is 13.0 Å². The molecule has 0 spiro atoms. The number of phenolic OH excluding ortho intramolecular Hbond substituents is 1. The van der Waals surface area contributed by atoms with Crippen molar-refractivity contribution in [2.75, 3.05) is 0 Å². The van der Waals surface area contributed by atoms with Crippen LogP contribution in [0.3, 0.4) is 0 Å². The summed E-state index contributed by atoms with van der Waals surface area (Å²) >= 11 is 0. The van der Waals surface area contributed by atoms with Gasteiger partial charge in [0, 0.05) is 17.7 Å². The number of amides is 1. The van der Waals surface area contributed by atoms with E-state index in [2.05, 4.69) is 11.9 Å². The van der Waals surface area contributed by atoms with Crippen molar-refractivity contribution in [3.8, 4) is 5.75 Å². The van der Waals surface area contributed by atoms with Crippen molar-refractivity contribution in [2.24, 2.45) is 0 Å². The van der Waals surface area contributed by atoms with Crippen LogP contribution in [0.2, 0.25) is 0 Å². The molecule has 3 heteroatoms. The van der Waals surface area contributed by atoms with Crippen LogP contribution in [0.25, 0.3) is 0 Å². The molecular weight excluding hydrogens is 178 g/mol. The molecule has 74 valence electrons. The molecule has 1 rings (SSSR count). The molecule has 0 aliphatic rings. The summed E-state index contributed by atoms with van der Waals surface area (Å²) in [6, 6.07) is 6.89. The third kappa shape index (κ3) is 2.62. The minimum absolute atomic E-state index is 0.189. The fourth-order valence-electron chi connectivity index (χ4n) is 0.987. The number of aromatic hydroxyl groups is 1. The molecule has 1 amide bonds. The van der Waals surface area contributed by atoms with E-state index < -0.39 is 0 Å². The Morgan fingerprint density at radius 1 is 1.50 bits per heavy atom. The highest BCUT2D eigenvalue weighted by molar-refractivity contribution is 5.92. The van der Waals surface area contributed by atoms with Crippen LogP contribution in [-0.2, 0) is 11.3 Å². The zero-order valence-corrected chi connectivity index (χ0v) is 8.08. The van der Waals surface area contributed by atoms with Gasteiger partial charge in [0.2, 0.25) is 5.91 Å². The van der Waals surface area contributed by atoms with Gasteiger partial charge in [-0.2, -0.15) is 0 Å². The van der Waals surface area contributed by atoms with Crippen LogP contribution in [0.15, 0.2) is 36.4 Å². The number of carbonyl (C=O) groups is 1. The lowest BCUT2D eigenvalue weighted by Crippen LogP contribution is -2.22. The Morgan fingerprint density at radius 2 is 2.14 bits per heavy atom. The molecule has 1 aromatic rings. The number of para-hydroxylation sites is 1. The lowest BCUT2D eigenvalue weighted by Gasteiger charge is -2.06. The van der Waals surface area contributed by atoms with Gasteiger partial charge in [-0.1, -0.05) is 24.8 Å². The lowest BCUT2D eigenvalue weighted by molar-refractivity contribution is -0.117. The van der Waals surface area contributed by atoms with Crippen molar-refractivity contribution in [3.63, 3.8) is 0 Å². The van der Waals surface area contributed by atoms with Crippen LogP contribution >= 0.6 is 0 Å². The summed E-state index contributed by atoms with van der Waals surface area (Å²) < 4.78 is 0. The predicted octanol–water partition coefficient (Wildman–Crippen LogP) is 1.58. The van der Waals surface area contributed by atoms with E-state index >= 15 is 0 Å². The third-order valence-electron chi connectivity index (χ3n) is 1.82. The van der Waals surface area contributed by atoms with Gasteiger partial charge in [0.25, 0.3) is 0 Å². The Hall–Kier alpha value is -1.77. The van der Waals surface area contributed by atoms with E-state index in [1.165, 1.54) is 0 Å². The van der Waals surface area contributed by atoms with Crippen LogP contribution < -0.4 is 5.32 Å². The van der Waals surface area contributed by atoms with E-state index in [0.717, 1.165) is 0 Å². The highest BCUT2D eigenvalue weighted by Gasteiger charge is 2.03. The maximum Gasteiger partial charge on any atom is 0.246 e. The summed E-state index contributed by atoms with van der Waals surface area (Å²) in [5, 5.41) is 12.0. The average Bonchev–Trinajstić information content (AvgIpc) is 2.16. The molecule has 0 bridgehead atoms. The van der Waals surface area contributed by atoms with Gasteiger partial charge in [0.05, 0.1) is 0 Å². The van der Waals surface area contributed by atoms with Gasteiger partial charge >= 0.3 is 0 Å². The molecule has 0 fully saturated rings. The Labute approximate surface area is 83.1 Å². The van der Waals surface area contributed by atoms with E-state index in [4.69, 9.17) is 0 Å². The SMILES string of the molecule is C=C(C)C(=O)NCc1ccccc1O. The van der Waals surface area contributed by atoms with Crippen LogP contribution in [-0.4, -0.2) is 11.0 Å². The van der Waals surface area contributed by atoms with Crippen molar-refractivity contribution in [3.05, 3.63) is 42.0 Å². The largest absolute Gasteiger partial charge is 0.508 e. The molecule has 0 radical (unpaired) electrons. The van der Waals surface area contributed by atoms with E-state index in [9.17, 15) is 9.90 Å². The topological polar surface area (TPSA) is 49.3 Å². The lowest BCUT2D eigenvalue weighted by atomic mass is 10.2. The summed E-state index contributed by atoms with van der Waals surface area (Å²) in [5.41, 5.74) is 1.16. The number of hydrogen-bond donors (Lipinski definition) is 2. The first-order valence-corrected chi connectivity index (χ1v) is 4.32. The van der Waals surface area contributed by atoms with Crippen LogP contribution in [0.4, 0.5) is 0 Å². The second-order valence-electron chi connectivity index (χ2n) is 3.09. The van der Waals surface area contributed by atoms with Crippen molar-refractivity contribution in [2.45, 2.75) is 13.5 Å². The predicted molar refractivity (Wildman–Crippen MR) is 54.8 cm³/mol. The molecule has 3 nitrogen and oxygen atoms in total.